The maximum atomic E-state index is 12.9. The van der Waals surface area contributed by atoms with Gasteiger partial charge in [0, 0.05) is 18.0 Å². The minimum absolute atomic E-state index is 0.375. The van der Waals surface area contributed by atoms with Crippen LogP contribution in [0.15, 0.2) is 35.7 Å². The summed E-state index contributed by atoms with van der Waals surface area (Å²) >= 11 is 1.48. The fraction of sp³-hybridized carbons (Fsp3) is 0.231. The molecule has 0 bridgehead atoms. The Hall–Kier alpha value is -1.30. The lowest BCUT2D eigenvalue weighted by Crippen LogP contribution is -2.20. The molecule has 1 aromatic carbocycles. The van der Waals surface area contributed by atoms with Crippen molar-refractivity contribution in [3.05, 3.63) is 57.8 Å². The molecule has 0 aliphatic heterocycles. The molecule has 18 heavy (non-hydrogen) atoms. The number of benzene rings is 1. The number of thiophene rings is 1. The summed E-state index contributed by atoms with van der Waals surface area (Å²) in [6, 6.07) is 7.50. The zero-order valence-electron chi connectivity index (χ0n) is 9.57. The summed E-state index contributed by atoms with van der Waals surface area (Å²) in [7, 11) is 0. The van der Waals surface area contributed by atoms with Crippen LogP contribution in [0.2, 0.25) is 0 Å². The molecule has 96 valence electrons. The molecule has 0 amide bonds. The maximum absolute atomic E-state index is 12.9. The van der Waals surface area contributed by atoms with Crippen molar-refractivity contribution < 1.29 is 13.9 Å². The first-order valence-corrected chi connectivity index (χ1v) is 6.41. The van der Waals surface area contributed by atoms with Gasteiger partial charge in [-0.15, -0.1) is 11.3 Å². The van der Waals surface area contributed by atoms with Crippen LogP contribution in [0.3, 0.4) is 0 Å². The van der Waals surface area contributed by atoms with Crippen LogP contribution >= 0.6 is 11.3 Å². The van der Waals surface area contributed by atoms with Gasteiger partial charge in [-0.1, -0.05) is 12.1 Å². The predicted molar refractivity (Wildman–Crippen MR) is 67.3 cm³/mol. The Labute approximate surface area is 108 Å². The maximum Gasteiger partial charge on any atom is 0.159 e. The van der Waals surface area contributed by atoms with Crippen molar-refractivity contribution in [2.24, 2.45) is 0 Å². The standard InChI is InChI=1S/C13H13F2NOS/c14-10-4-3-9(6-11(10)15)7-16-8-12(17)13-2-1-5-18-13/h1-6,12,16-17H,7-8H2. The van der Waals surface area contributed by atoms with Crippen molar-refractivity contribution in [3.8, 4) is 0 Å². The molecular formula is C13H13F2NOS. The van der Waals surface area contributed by atoms with Gasteiger partial charge in [0.2, 0.25) is 0 Å². The Morgan fingerprint density at radius 1 is 1.22 bits per heavy atom. The zero-order valence-corrected chi connectivity index (χ0v) is 10.4. The fourth-order valence-electron chi connectivity index (χ4n) is 1.58. The molecule has 0 saturated heterocycles. The third-order valence-electron chi connectivity index (χ3n) is 2.52. The summed E-state index contributed by atoms with van der Waals surface area (Å²) in [6.07, 6.45) is -0.574. The number of hydrogen-bond donors (Lipinski definition) is 2. The summed E-state index contributed by atoms with van der Waals surface area (Å²) in [6.45, 7) is 0.763. The van der Waals surface area contributed by atoms with Gasteiger partial charge in [0.25, 0.3) is 0 Å². The van der Waals surface area contributed by atoms with Gasteiger partial charge in [0.15, 0.2) is 11.6 Å². The molecule has 2 aromatic rings. The predicted octanol–water partition coefficient (Wildman–Crippen LogP) is 2.85. The summed E-state index contributed by atoms with van der Waals surface area (Å²) in [5.41, 5.74) is 0.646. The van der Waals surface area contributed by atoms with Crippen LogP contribution < -0.4 is 5.32 Å². The largest absolute Gasteiger partial charge is 0.386 e. The van der Waals surface area contributed by atoms with E-state index < -0.39 is 17.7 Å². The number of aliphatic hydroxyl groups is 1. The van der Waals surface area contributed by atoms with Gasteiger partial charge in [-0.3, -0.25) is 0 Å². The molecule has 1 aromatic heterocycles. The SMILES string of the molecule is OC(CNCc1ccc(F)c(F)c1)c1cccs1. The lowest BCUT2D eigenvalue weighted by atomic mass is 10.2. The van der Waals surface area contributed by atoms with Crippen LogP contribution in [0.25, 0.3) is 0 Å². The zero-order chi connectivity index (χ0) is 13.0. The van der Waals surface area contributed by atoms with E-state index in [2.05, 4.69) is 5.32 Å². The molecule has 0 aliphatic rings. The van der Waals surface area contributed by atoms with Gasteiger partial charge in [-0.25, -0.2) is 8.78 Å². The molecular weight excluding hydrogens is 256 g/mol. The molecule has 2 rings (SSSR count). The first-order chi connectivity index (χ1) is 8.66. The average Bonchev–Trinajstić information content (AvgIpc) is 2.87. The van der Waals surface area contributed by atoms with Crippen molar-refractivity contribution in [3.63, 3.8) is 0 Å². The molecule has 1 unspecified atom stereocenters. The lowest BCUT2D eigenvalue weighted by molar-refractivity contribution is 0.178. The van der Waals surface area contributed by atoms with E-state index in [0.717, 1.165) is 17.0 Å². The van der Waals surface area contributed by atoms with Gasteiger partial charge < -0.3 is 10.4 Å². The Kier molecular flexibility index (Phi) is 4.41. The second-order valence-corrected chi connectivity index (χ2v) is 4.89. The summed E-state index contributed by atoms with van der Waals surface area (Å²) < 4.78 is 25.6. The van der Waals surface area contributed by atoms with E-state index in [0.29, 0.717) is 18.7 Å². The van der Waals surface area contributed by atoms with E-state index in [-0.39, 0.29) is 0 Å². The summed E-state index contributed by atoms with van der Waals surface area (Å²) in [5, 5.41) is 14.7. The third kappa shape index (κ3) is 3.35. The van der Waals surface area contributed by atoms with Crippen LogP contribution in [0.4, 0.5) is 8.78 Å². The number of aliphatic hydroxyl groups excluding tert-OH is 1. The highest BCUT2D eigenvalue weighted by molar-refractivity contribution is 7.10. The molecule has 5 heteroatoms. The van der Waals surface area contributed by atoms with Gasteiger partial charge in [0.05, 0.1) is 0 Å². The highest BCUT2D eigenvalue weighted by Crippen LogP contribution is 2.17. The second-order valence-electron chi connectivity index (χ2n) is 3.91. The van der Waals surface area contributed by atoms with Gasteiger partial charge in [-0.2, -0.15) is 0 Å². The summed E-state index contributed by atoms with van der Waals surface area (Å²) in [5.74, 6) is -1.70. The Morgan fingerprint density at radius 3 is 2.72 bits per heavy atom. The smallest absolute Gasteiger partial charge is 0.159 e. The fourth-order valence-corrected chi connectivity index (χ4v) is 2.30. The van der Waals surface area contributed by atoms with Gasteiger partial charge >= 0.3 is 0 Å². The van der Waals surface area contributed by atoms with Crippen LogP contribution in [-0.4, -0.2) is 11.7 Å². The van der Waals surface area contributed by atoms with Gasteiger partial charge in [-0.05, 0) is 29.1 Å². The topological polar surface area (TPSA) is 32.3 Å². The molecule has 2 N–H and O–H groups in total. The molecule has 0 aliphatic carbocycles. The summed E-state index contributed by atoms with van der Waals surface area (Å²) in [4.78, 5) is 0.882. The van der Waals surface area contributed by atoms with Crippen LogP contribution in [0, 0.1) is 11.6 Å². The van der Waals surface area contributed by atoms with Crippen molar-refractivity contribution in [2.45, 2.75) is 12.6 Å². The monoisotopic (exact) mass is 269 g/mol. The molecule has 1 atom stereocenters. The van der Waals surface area contributed by atoms with Gasteiger partial charge in [0.1, 0.15) is 6.10 Å². The highest BCUT2D eigenvalue weighted by Gasteiger charge is 2.08. The molecule has 1 heterocycles. The van der Waals surface area contributed by atoms with Crippen molar-refractivity contribution in [2.75, 3.05) is 6.54 Å². The number of halogens is 2. The molecule has 2 nitrogen and oxygen atoms in total. The van der Waals surface area contributed by atoms with Crippen molar-refractivity contribution >= 4 is 11.3 Å². The lowest BCUT2D eigenvalue weighted by Gasteiger charge is -2.10. The molecule has 0 fully saturated rings. The van der Waals surface area contributed by atoms with E-state index in [9.17, 15) is 13.9 Å². The van der Waals surface area contributed by atoms with E-state index in [1.807, 2.05) is 17.5 Å². The minimum Gasteiger partial charge on any atom is -0.386 e. The Bertz CT molecular complexity index is 502. The van der Waals surface area contributed by atoms with Crippen LogP contribution in [0.5, 0.6) is 0 Å². The van der Waals surface area contributed by atoms with E-state index in [1.54, 1.807) is 0 Å². The van der Waals surface area contributed by atoms with E-state index >= 15 is 0 Å². The number of rotatable bonds is 5. The van der Waals surface area contributed by atoms with E-state index in [1.165, 1.54) is 17.4 Å². The second kappa shape index (κ2) is 6.04. The van der Waals surface area contributed by atoms with Crippen LogP contribution in [-0.2, 0) is 6.54 Å². The number of hydrogen-bond acceptors (Lipinski definition) is 3. The van der Waals surface area contributed by atoms with E-state index in [4.69, 9.17) is 0 Å². The number of nitrogens with one attached hydrogen (secondary N) is 1. The Balaban J connectivity index is 1.83. The molecule has 0 radical (unpaired) electrons. The third-order valence-corrected chi connectivity index (χ3v) is 3.50. The molecule has 0 saturated carbocycles. The Morgan fingerprint density at radius 2 is 2.06 bits per heavy atom. The average molecular weight is 269 g/mol. The minimum atomic E-state index is -0.854. The first kappa shape index (κ1) is 13.1. The quantitative estimate of drug-likeness (QED) is 0.875. The van der Waals surface area contributed by atoms with Crippen LogP contribution in [0.1, 0.15) is 16.5 Å². The van der Waals surface area contributed by atoms with Crippen molar-refractivity contribution in [1.82, 2.24) is 5.32 Å². The first-order valence-electron chi connectivity index (χ1n) is 5.53. The normalized spacial score (nSPS) is 12.6. The molecule has 0 spiro atoms. The highest BCUT2D eigenvalue weighted by atomic mass is 32.1. The van der Waals surface area contributed by atoms with Crippen molar-refractivity contribution in [1.29, 1.82) is 0 Å².